The lowest BCUT2D eigenvalue weighted by Crippen LogP contribution is -2.31. The van der Waals surface area contributed by atoms with Gasteiger partial charge in [0, 0.05) is 0 Å². The van der Waals surface area contributed by atoms with Gasteiger partial charge >= 0.3 is 0 Å². The molecule has 0 fully saturated rings. The van der Waals surface area contributed by atoms with Crippen LogP contribution in [0.4, 0.5) is 26.3 Å². The summed E-state index contributed by atoms with van der Waals surface area (Å²) in [6, 6.07) is 49.6. The van der Waals surface area contributed by atoms with Crippen molar-refractivity contribution in [2.24, 2.45) is 0 Å². The van der Waals surface area contributed by atoms with E-state index in [0.717, 1.165) is 16.7 Å². The van der Waals surface area contributed by atoms with E-state index in [9.17, 15) is 26.3 Å². The van der Waals surface area contributed by atoms with E-state index in [4.69, 9.17) is 0 Å². The molecule has 8 aromatic rings. The lowest BCUT2D eigenvalue weighted by molar-refractivity contribution is 0.589. The zero-order valence-electron chi connectivity index (χ0n) is 29.1. The molecule has 6 heteroatoms. The molecule has 0 bridgehead atoms. The zero-order valence-corrected chi connectivity index (χ0v) is 29.1. The van der Waals surface area contributed by atoms with Gasteiger partial charge in [0.1, 0.15) is 34.9 Å². The lowest BCUT2D eigenvalue weighted by atomic mass is 9.64. The van der Waals surface area contributed by atoms with E-state index in [1.807, 2.05) is 54.6 Å². The van der Waals surface area contributed by atoms with Crippen molar-refractivity contribution < 1.29 is 26.3 Å². The Bertz CT molecular complexity index is 2320. The van der Waals surface area contributed by atoms with Gasteiger partial charge in [-0.3, -0.25) is 0 Å². The van der Waals surface area contributed by atoms with E-state index in [-0.39, 0.29) is 16.7 Å². The molecular formula is C49H30F6. The van der Waals surface area contributed by atoms with Crippen LogP contribution in [0.3, 0.4) is 0 Å². The van der Waals surface area contributed by atoms with Gasteiger partial charge in [-0.2, -0.15) is 0 Å². The summed E-state index contributed by atoms with van der Waals surface area (Å²) >= 11 is 0. The van der Waals surface area contributed by atoms with Crippen LogP contribution < -0.4 is 0 Å². The molecule has 0 heterocycles. The minimum atomic E-state index is -1.17. The van der Waals surface area contributed by atoms with Gasteiger partial charge in [-0.1, -0.05) is 146 Å². The standard InChI is InChI=1S/C49H30F6/c50-40-9-4-10-41(51)46(40)33-17-25-37(26-18-33)49(36-23-15-32(16-24-36)31-7-2-1-3-8-31,38-27-19-34(20-28-38)47-42(52)11-5-12-43(47)53)39-29-21-35(22-30-39)48-44(54)13-6-14-45(48)55/h1-30H. The molecule has 268 valence electrons. The summed E-state index contributed by atoms with van der Waals surface area (Å²) < 4.78 is 89.8. The number of benzene rings is 8. The molecule has 0 radical (unpaired) electrons. The normalized spacial score (nSPS) is 11.5. The van der Waals surface area contributed by atoms with E-state index >= 15 is 0 Å². The minimum absolute atomic E-state index is 0.167. The van der Waals surface area contributed by atoms with Crippen LogP contribution in [0.2, 0.25) is 0 Å². The third-order valence-corrected chi connectivity index (χ3v) is 10.1. The quantitative estimate of drug-likeness (QED) is 0.108. The first-order valence-electron chi connectivity index (χ1n) is 17.6. The first-order valence-corrected chi connectivity index (χ1v) is 17.6. The molecular weight excluding hydrogens is 703 g/mol. The van der Waals surface area contributed by atoms with Crippen molar-refractivity contribution in [2.75, 3.05) is 0 Å². The van der Waals surface area contributed by atoms with Gasteiger partial charge in [-0.05, 0) is 86.5 Å². The second-order valence-corrected chi connectivity index (χ2v) is 13.2. The van der Waals surface area contributed by atoms with Gasteiger partial charge in [-0.15, -0.1) is 0 Å². The van der Waals surface area contributed by atoms with E-state index in [1.165, 1.54) is 54.6 Å². The molecule has 0 unspecified atom stereocenters. The molecule has 8 aromatic carbocycles. The van der Waals surface area contributed by atoms with Crippen LogP contribution >= 0.6 is 0 Å². The third-order valence-electron chi connectivity index (χ3n) is 10.1. The van der Waals surface area contributed by atoms with E-state index in [2.05, 4.69) is 0 Å². The van der Waals surface area contributed by atoms with Crippen LogP contribution in [-0.4, -0.2) is 0 Å². The second-order valence-electron chi connectivity index (χ2n) is 13.2. The Labute approximate surface area is 314 Å². The first-order chi connectivity index (χ1) is 26.8. The average molecular weight is 733 g/mol. The van der Waals surface area contributed by atoms with E-state index < -0.39 is 40.3 Å². The summed E-state index contributed by atoms with van der Waals surface area (Å²) in [6.07, 6.45) is 0. The van der Waals surface area contributed by atoms with Crippen molar-refractivity contribution in [1.82, 2.24) is 0 Å². The Kier molecular flexibility index (Phi) is 9.41. The fraction of sp³-hybridized carbons (Fsp3) is 0.0204. The van der Waals surface area contributed by atoms with Crippen LogP contribution in [0.5, 0.6) is 0 Å². The van der Waals surface area contributed by atoms with Gasteiger partial charge < -0.3 is 0 Å². The van der Waals surface area contributed by atoms with Gasteiger partial charge in [0.2, 0.25) is 0 Å². The maximum atomic E-state index is 15.0. The molecule has 0 aliphatic rings. The maximum absolute atomic E-state index is 15.0. The fourth-order valence-electron chi connectivity index (χ4n) is 7.52. The molecule has 8 rings (SSSR count). The molecule has 0 aliphatic carbocycles. The Morgan fingerprint density at radius 2 is 0.455 bits per heavy atom. The molecule has 0 saturated carbocycles. The Balaban J connectivity index is 1.38. The number of rotatable bonds is 8. The molecule has 0 saturated heterocycles. The highest BCUT2D eigenvalue weighted by Gasteiger charge is 2.39. The van der Waals surface area contributed by atoms with Gasteiger partial charge in [0.25, 0.3) is 0 Å². The highest BCUT2D eigenvalue weighted by Crippen LogP contribution is 2.47. The molecule has 55 heavy (non-hydrogen) atoms. The van der Waals surface area contributed by atoms with Gasteiger partial charge in [0.15, 0.2) is 0 Å². The molecule has 0 amide bonds. The Morgan fingerprint density at radius 3 is 0.727 bits per heavy atom. The monoisotopic (exact) mass is 732 g/mol. The molecule has 0 N–H and O–H groups in total. The van der Waals surface area contributed by atoms with Gasteiger partial charge in [-0.25, -0.2) is 26.3 Å². The third kappa shape index (κ3) is 6.40. The summed E-state index contributed by atoms with van der Waals surface area (Å²) in [4.78, 5) is 0. The zero-order chi connectivity index (χ0) is 38.1. The molecule has 0 atom stereocenters. The number of halogens is 6. The molecule has 0 aromatic heterocycles. The van der Waals surface area contributed by atoms with Crippen molar-refractivity contribution in [3.05, 3.63) is 239 Å². The summed E-state index contributed by atoms with van der Waals surface area (Å²) in [6.45, 7) is 0. The molecule has 0 aliphatic heterocycles. The highest BCUT2D eigenvalue weighted by atomic mass is 19.2. The van der Waals surface area contributed by atoms with Crippen LogP contribution in [-0.2, 0) is 5.41 Å². The molecule has 0 spiro atoms. The van der Waals surface area contributed by atoms with Crippen molar-refractivity contribution in [3.8, 4) is 44.5 Å². The summed E-state index contributed by atoms with van der Waals surface area (Å²) in [5, 5.41) is 0. The fourth-order valence-corrected chi connectivity index (χ4v) is 7.52. The summed E-state index contributed by atoms with van der Waals surface area (Å²) in [5.41, 5.74) is 4.11. The SMILES string of the molecule is Fc1cccc(F)c1-c1ccc(C(c2ccc(-c3ccccc3)cc2)(c2ccc(-c3c(F)cccc3F)cc2)c2ccc(-c3c(F)cccc3F)cc2)cc1. The number of hydrogen-bond donors (Lipinski definition) is 0. The smallest absolute Gasteiger partial charge is 0.133 e. The number of hydrogen-bond acceptors (Lipinski definition) is 0. The first kappa shape index (κ1) is 35.4. The van der Waals surface area contributed by atoms with Crippen LogP contribution in [0.15, 0.2) is 182 Å². The predicted molar refractivity (Wildman–Crippen MR) is 206 cm³/mol. The van der Waals surface area contributed by atoms with Gasteiger partial charge in [0.05, 0.1) is 22.1 Å². The lowest BCUT2D eigenvalue weighted by Gasteiger charge is -2.37. The van der Waals surface area contributed by atoms with E-state index in [1.54, 1.807) is 72.8 Å². The summed E-state index contributed by atoms with van der Waals surface area (Å²) in [7, 11) is 0. The van der Waals surface area contributed by atoms with E-state index in [0.29, 0.717) is 33.4 Å². The summed E-state index contributed by atoms with van der Waals surface area (Å²) in [5.74, 6) is -4.24. The topological polar surface area (TPSA) is 0 Å². The van der Waals surface area contributed by atoms with Crippen molar-refractivity contribution in [1.29, 1.82) is 0 Å². The average Bonchev–Trinajstić information content (AvgIpc) is 3.20. The second kappa shape index (κ2) is 14.6. The van der Waals surface area contributed by atoms with Crippen LogP contribution in [0.25, 0.3) is 44.5 Å². The highest BCUT2D eigenvalue weighted by molar-refractivity contribution is 5.73. The Hall–Kier alpha value is -6.66. The van der Waals surface area contributed by atoms with Crippen molar-refractivity contribution in [2.45, 2.75) is 5.41 Å². The maximum Gasteiger partial charge on any atom is 0.133 e. The minimum Gasteiger partial charge on any atom is -0.206 e. The van der Waals surface area contributed by atoms with Crippen LogP contribution in [0.1, 0.15) is 22.3 Å². The van der Waals surface area contributed by atoms with Crippen molar-refractivity contribution in [3.63, 3.8) is 0 Å². The molecule has 0 nitrogen and oxygen atoms in total. The van der Waals surface area contributed by atoms with Crippen molar-refractivity contribution >= 4 is 0 Å². The largest absolute Gasteiger partial charge is 0.206 e. The predicted octanol–water partition coefficient (Wildman–Crippen LogP) is 13.6. The van der Waals surface area contributed by atoms with Crippen LogP contribution in [0, 0.1) is 34.9 Å². The Morgan fingerprint density at radius 1 is 0.218 bits per heavy atom.